The van der Waals surface area contributed by atoms with Gasteiger partial charge in [0.2, 0.25) is 0 Å². The summed E-state index contributed by atoms with van der Waals surface area (Å²) in [5.41, 5.74) is 4.00. The van der Waals surface area contributed by atoms with E-state index in [2.05, 4.69) is 22.1 Å². The zero-order chi connectivity index (χ0) is 18.8. The van der Waals surface area contributed by atoms with E-state index in [0.717, 1.165) is 27.9 Å². The van der Waals surface area contributed by atoms with Crippen LogP contribution in [0.3, 0.4) is 0 Å². The van der Waals surface area contributed by atoms with Crippen LogP contribution in [0.2, 0.25) is 0 Å². The molecule has 0 radical (unpaired) electrons. The topological polar surface area (TPSA) is 48.2 Å². The number of nitrogens with zero attached hydrogens (tertiary/aromatic N) is 2. The fraction of sp³-hybridized carbons (Fsp3) is 0. The summed E-state index contributed by atoms with van der Waals surface area (Å²) >= 11 is 0. The molecule has 0 aliphatic rings. The summed E-state index contributed by atoms with van der Waals surface area (Å²) in [4.78, 5) is 8.87. The van der Waals surface area contributed by atoms with Gasteiger partial charge in [-0.05, 0) is 23.9 Å². The van der Waals surface area contributed by atoms with Crippen molar-refractivity contribution in [2.45, 2.75) is 0 Å². The van der Waals surface area contributed by atoms with Gasteiger partial charge in [-0.15, -0.1) is 42.0 Å². The number of pyridine rings is 1. The van der Waals surface area contributed by atoms with Crippen molar-refractivity contribution in [3.8, 4) is 34.2 Å². The molecule has 0 unspecified atom stereocenters. The second kappa shape index (κ2) is 8.42. The monoisotopic (exact) mass is 557 g/mol. The summed E-state index contributed by atoms with van der Waals surface area (Å²) in [6.07, 6.45) is 1.76. The maximum atomic E-state index is 5.97. The standard InChI is InChI=1S/C24H14N2O2.Pt/c1-2-13-23-22(12-1)26-24(28-23)18-8-6-10-20(16-18)27-19-9-5-7-17(15-19)21-11-3-4-14-25-21;/h1-14H;/q-2;+2. The zero-order valence-corrected chi connectivity index (χ0v) is 17.4. The zero-order valence-electron chi connectivity index (χ0n) is 15.1. The molecule has 0 saturated heterocycles. The average Bonchev–Trinajstić information content (AvgIpc) is 3.19. The van der Waals surface area contributed by atoms with Crippen LogP contribution in [0, 0.1) is 12.1 Å². The quantitative estimate of drug-likeness (QED) is 0.257. The van der Waals surface area contributed by atoms with E-state index in [1.54, 1.807) is 6.20 Å². The SMILES string of the molecule is [Pt+2].[c-]1c(Oc2[c-]c(-c3nc4ccccc4o3)ccc2)cccc1-c1ccccn1. The van der Waals surface area contributed by atoms with Crippen LogP contribution in [0.25, 0.3) is 33.8 Å². The van der Waals surface area contributed by atoms with Crippen LogP contribution < -0.4 is 4.74 Å². The van der Waals surface area contributed by atoms with E-state index in [1.807, 2.05) is 78.9 Å². The van der Waals surface area contributed by atoms with Gasteiger partial charge in [0.1, 0.15) is 11.5 Å². The molecule has 2 aromatic heterocycles. The molecule has 0 spiro atoms. The van der Waals surface area contributed by atoms with E-state index in [-0.39, 0.29) is 21.1 Å². The number of oxazole rings is 1. The van der Waals surface area contributed by atoms with Crippen LogP contribution in [0.1, 0.15) is 0 Å². The molecule has 2 heterocycles. The van der Waals surface area contributed by atoms with Gasteiger partial charge in [0, 0.05) is 17.7 Å². The van der Waals surface area contributed by atoms with Crippen molar-refractivity contribution < 1.29 is 30.2 Å². The largest absolute Gasteiger partial charge is 2.00 e. The number of hydrogen-bond donors (Lipinski definition) is 0. The van der Waals surface area contributed by atoms with Crippen molar-refractivity contribution in [1.82, 2.24) is 9.97 Å². The Labute approximate surface area is 182 Å². The summed E-state index contributed by atoms with van der Waals surface area (Å²) < 4.78 is 11.8. The fourth-order valence-corrected chi connectivity index (χ4v) is 2.92. The van der Waals surface area contributed by atoms with E-state index >= 15 is 0 Å². The second-order valence-electron chi connectivity index (χ2n) is 6.16. The first-order chi connectivity index (χ1) is 13.8. The van der Waals surface area contributed by atoms with Crippen LogP contribution in [0.15, 0.2) is 89.5 Å². The molecule has 0 N–H and O–H groups in total. The molecule has 3 aromatic carbocycles. The number of ether oxygens (including phenoxy) is 1. The minimum absolute atomic E-state index is 0. The van der Waals surface area contributed by atoms with Gasteiger partial charge in [-0.2, -0.15) is 0 Å². The Morgan fingerprint density at radius 1 is 0.724 bits per heavy atom. The van der Waals surface area contributed by atoms with E-state index in [4.69, 9.17) is 9.15 Å². The first-order valence-electron chi connectivity index (χ1n) is 8.85. The molecule has 29 heavy (non-hydrogen) atoms. The van der Waals surface area contributed by atoms with Gasteiger partial charge in [0.15, 0.2) is 0 Å². The number of aromatic nitrogens is 2. The van der Waals surface area contributed by atoms with Crippen molar-refractivity contribution >= 4 is 11.1 Å². The summed E-state index contributed by atoms with van der Waals surface area (Å²) in [5, 5.41) is 0. The third kappa shape index (κ3) is 4.13. The Morgan fingerprint density at radius 3 is 2.21 bits per heavy atom. The van der Waals surface area contributed by atoms with E-state index in [9.17, 15) is 0 Å². The van der Waals surface area contributed by atoms with Gasteiger partial charge in [0.25, 0.3) is 0 Å². The fourth-order valence-electron chi connectivity index (χ4n) is 2.92. The van der Waals surface area contributed by atoms with Gasteiger partial charge >= 0.3 is 21.1 Å². The van der Waals surface area contributed by atoms with E-state index in [1.165, 1.54) is 0 Å². The van der Waals surface area contributed by atoms with E-state index in [0.29, 0.717) is 17.4 Å². The van der Waals surface area contributed by atoms with Crippen LogP contribution in [0.4, 0.5) is 0 Å². The minimum atomic E-state index is 0. The summed E-state index contributed by atoms with van der Waals surface area (Å²) in [6.45, 7) is 0. The summed E-state index contributed by atoms with van der Waals surface area (Å²) in [6, 6.07) is 31.2. The molecule has 0 amide bonds. The Kier molecular flexibility index (Phi) is 5.54. The van der Waals surface area contributed by atoms with Gasteiger partial charge in [0.05, 0.1) is 5.52 Å². The first kappa shape index (κ1) is 19.1. The molecule has 0 bridgehead atoms. The van der Waals surface area contributed by atoms with Crippen molar-refractivity contribution in [1.29, 1.82) is 0 Å². The molecule has 0 fully saturated rings. The van der Waals surface area contributed by atoms with Crippen LogP contribution in [-0.2, 0) is 21.1 Å². The molecule has 0 aliphatic carbocycles. The predicted octanol–water partition coefficient (Wildman–Crippen LogP) is 5.95. The molecular formula is C24H14N2O2Pt. The average molecular weight is 557 g/mol. The maximum absolute atomic E-state index is 5.97. The Hall–Kier alpha value is -3.23. The third-order valence-electron chi connectivity index (χ3n) is 4.22. The van der Waals surface area contributed by atoms with Crippen molar-refractivity contribution in [2.24, 2.45) is 0 Å². The number of hydrogen-bond acceptors (Lipinski definition) is 4. The number of para-hydroxylation sites is 2. The van der Waals surface area contributed by atoms with Crippen LogP contribution >= 0.6 is 0 Å². The number of fused-ring (bicyclic) bond motifs is 1. The van der Waals surface area contributed by atoms with Crippen molar-refractivity contribution in [2.75, 3.05) is 0 Å². The molecular weight excluding hydrogens is 543 g/mol. The van der Waals surface area contributed by atoms with Crippen LogP contribution in [0.5, 0.6) is 11.5 Å². The molecule has 5 aromatic rings. The summed E-state index contributed by atoms with van der Waals surface area (Å²) in [5.74, 6) is 1.67. The van der Waals surface area contributed by atoms with E-state index < -0.39 is 0 Å². The molecule has 0 saturated carbocycles. The molecule has 5 heteroatoms. The van der Waals surface area contributed by atoms with Crippen molar-refractivity contribution in [3.05, 3.63) is 97.2 Å². The molecule has 4 nitrogen and oxygen atoms in total. The summed E-state index contributed by atoms with van der Waals surface area (Å²) in [7, 11) is 0. The third-order valence-corrected chi connectivity index (χ3v) is 4.22. The maximum Gasteiger partial charge on any atom is 2.00 e. The first-order valence-corrected chi connectivity index (χ1v) is 8.85. The Balaban J connectivity index is 0.00000205. The molecule has 142 valence electrons. The smallest absolute Gasteiger partial charge is 0.497 e. The number of benzene rings is 3. The molecule has 0 atom stereocenters. The Bertz CT molecular complexity index is 1220. The van der Waals surface area contributed by atoms with Crippen LogP contribution in [-0.4, -0.2) is 9.97 Å². The number of rotatable bonds is 4. The van der Waals surface area contributed by atoms with Gasteiger partial charge in [-0.3, -0.25) is 4.98 Å². The van der Waals surface area contributed by atoms with Gasteiger partial charge in [-0.25, -0.2) is 0 Å². The minimum Gasteiger partial charge on any atom is -0.497 e. The van der Waals surface area contributed by atoms with Crippen molar-refractivity contribution in [3.63, 3.8) is 0 Å². The Morgan fingerprint density at radius 2 is 1.45 bits per heavy atom. The second-order valence-corrected chi connectivity index (χ2v) is 6.16. The predicted molar refractivity (Wildman–Crippen MR) is 107 cm³/mol. The molecule has 5 rings (SSSR count). The van der Waals surface area contributed by atoms with Gasteiger partial charge < -0.3 is 14.1 Å². The normalized spacial score (nSPS) is 10.5. The molecule has 0 aliphatic heterocycles. The van der Waals surface area contributed by atoms with Gasteiger partial charge in [-0.1, -0.05) is 42.0 Å².